The molecule has 0 saturated heterocycles. The normalized spacial score (nSPS) is 10.4. The molecule has 0 atom stereocenters. The number of hydrogen-bond donors (Lipinski definition) is 1. The lowest BCUT2D eigenvalue weighted by molar-refractivity contribution is -0.116. The van der Waals surface area contributed by atoms with Gasteiger partial charge < -0.3 is 5.32 Å². The Morgan fingerprint density at radius 1 is 1.56 bits per heavy atom. The van der Waals surface area contributed by atoms with Gasteiger partial charge in [-0.1, -0.05) is 11.6 Å². The van der Waals surface area contributed by atoms with E-state index in [2.05, 4.69) is 26.3 Å². The van der Waals surface area contributed by atoms with Gasteiger partial charge in [0.05, 0.1) is 10.7 Å². The van der Waals surface area contributed by atoms with E-state index in [0.29, 0.717) is 10.2 Å². The topological polar surface area (TPSA) is 46.9 Å². The Labute approximate surface area is 116 Å². The molecule has 0 aliphatic rings. The van der Waals surface area contributed by atoms with Crippen LogP contribution in [0.1, 0.15) is 0 Å². The molecule has 0 unspecified atom stereocenters. The molecule has 4 nitrogen and oxygen atoms in total. The van der Waals surface area contributed by atoms with Gasteiger partial charge >= 0.3 is 0 Å². The fraction of sp³-hybridized carbons (Fsp3) is 0.0909. The lowest BCUT2D eigenvalue weighted by Gasteiger charge is -2.09. The highest BCUT2D eigenvalue weighted by atomic mass is 79.9. The van der Waals surface area contributed by atoms with Gasteiger partial charge in [0.15, 0.2) is 0 Å². The van der Waals surface area contributed by atoms with Gasteiger partial charge in [-0.15, -0.1) is 0 Å². The van der Waals surface area contributed by atoms with Crippen LogP contribution in [0, 0.1) is 5.82 Å². The first kappa shape index (κ1) is 13.0. The maximum Gasteiger partial charge on any atom is 0.246 e. The lowest BCUT2D eigenvalue weighted by Crippen LogP contribution is -2.19. The van der Waals surface area contributed by atoms with Crippen LogP contribution in [0.2, 0.25) is 5.02 Å². The van der Waals surface area contributed by atoms with Crippen molar-refractivity contribution < 1.29 is 9.18 Å². The van der Waals surface area contributed by atoms with E-state index in [-0.39, 0.29) is 17.5 Å². The van der Waals surface area contributed by atoms with Crippen LogP contribution >= 0.6 is 27.5 Å². The molecule has 2 rings (SSSR count). The Morgan fingerprint density at radius 3 is 2.94 bits per heavy atom. The summed E-state index contributed by atoms with van der Waals surface area (Å²) in [4.78, 5) is 11.7. The molecule has 0 fully saturated rings. The van der Waals surface area contributed by atoms with Crippen molar-refractivity contribution >= 4 is 39.1 Å². The van der Waals surface area contributed by atoms with Gasteiger partial charge in [-0.3, -0.25) is 9.48 Å². The molecule has 0 radical (unpaired) electrons. The summed E-state index contributed by atoms with van der Waals surface area (Å²) >= 11 is 9.00. The van der Waals surface area contributed by atoms with Gasteiger partial charge in [-0.05, 0) is 34.1 Å². The third-order valence-electron chi connectivity index (χ3n) is 2.14. The summed E-state index contributed by atoms with van der Waals surface area (Å²) in [6, 6.07) is 4.08. The summed E-state index contributed by atoms with van der Waals surface area (Å²) in [6.07, 6.45) is 3.25. The van der Waals surface area contributed by atoms with Crippen molar-refractivity contribution in [2.45, 2.75) is 6.54 Å². The van der Waals surface area contributed by atoms with E-state index in [4.69, 9.17) is 11.6 Å². The number of benzene rings is 1. The van der Waals surface area contributed by atoms with E-state index >= 15 is 0 Å². The molecule has 0 aliphatic carbocycles. The standard InChI is InChI=1S/C11H8BrClFN3O/c12-8-4-7(14)5-9(13)11(8)16-10(18)6-17-3-1-2-15-17/h1-5H,6H2,(H,16,18). The first-order chi connectivity index (χ1) is 8.56. The molecule has 1 N–H and O–H groups in total. The largest absolute Gasteiger partial charge is 0.322 e. The molecule has 18 heavy (non-hydrogen) atoms. The molecule has 0 spiro atoms. The minimum Gasteiger partial charge on any atom is -0.322 e. The summed E-state index contributed by atoms with van der Waals surface area (Å²) in [6.45, 7) is 0.0626. The number of carbonyl (C=O) groups is 1. The number of amides is 1. The average Bonchev–Trinajstić information content (AvgIpc) is 2.76. The van der Waals surface area contributed by atoms with Gasteiger partial charge in [-0.25, -0.2) is 4.39 Å². The minimum absolute atomic E-state index is 0.0626. The van der Waals surface area contributed by atoms with Crippen LogP contribution in [-0.2, 0) is 11.3 Å². The van der Waals surface area contributed by atoms with E-state index in [1.807, 2.05) is 0 Å². The SMILES string of the molecule is O=C(Cn1cccn1)Nc1c(Cl)cc(F)cc1Br. The van der Waals surface area contributed by atoms with E-state index in [9.17, 15) is 9.18 Å². The van der Waals surface area contributed by atoms with E-state index < -0.39 is 5.82 Å². The van der Waals surface area contributed by atoms with Crippen molar-refractivity contribution in [3.05, 3.63) is 45.9 Å². The summed E-state index contributed by atoms with van der Waals surface area (Å²) in [5, 5.41) is 6.64. The molecule has 7 heteroatoms. The number of hydrogen-bond acceptors (Lipinski definition) is 2. The van der Waals surface area contributed by atoms with Crippen LogP contribution in [0.3, 0.4) is 0 Å². The summed E-state index contributed by atoms with van der Waals surface area (Å²) in [7, 11) is 0. The molecule has 94 valence electrons. The van der Waals surface area contributed by atoms with Crippen molar-refractivity contribution in [2.75, 3.05) is 5.32 Å². The number of aromatic nitrogens is 2. The smallest absolute Gasteiger partial charge is 0.246 e. The number of nitrogens with one attached hydrogen (secondary N) is 1. The first-order valence-corrected chi connectivity index (χ1v) is 6.15. The van der Waals surface area contributed by atoms with Gasteiger partial charge in [0, 0.05) is 16.9 Å². The van der Waals surface area contributed by atoms with Crippen LogP contribution < -0.4 is 5.32 Å². The van der Waals surface area contributed by atoms with Gasteiger partial charge in [0.1, 0.15) is 12.4 Å². The zero-order chi connectivity index (χ0) is 13.1. The molecule has 0 saturated carbocycles. The summed E-state index contributed by atoms with van der Waals surface area (Å²) in [5.74, 6) is -0.773. The Balaban J connectivity index is 2.12. The van der Waals surface area contributed by atoms with Gasteiger partial charge in [-0.2, -0.15) is 5.10 Å². The highest BCUT2D eigenvalue weighted by Crippen LogP contribution is 2.31. The second-order valence-electron chi connectivity index (χ2n) is 3.50. The molecule has 1 amide bonds. The summed E-state index contributed by atoms with van der Waals surface area (Å²) < 4.78 is 14.9. The molecule has 0 aliphatic heterocycles. The molecule has 0 bridgehead atoms. The van der Waals surface area contributed by atoms with Crippen LogP contribution in [0.25, 0.3) is 0 Å². The molecule has 1 aromatic carbocycles. The first-order valence-electron chi connectivity index (χ1n) is 4.98. The molecular weight excluding hydrogens is 324 g/mol. The number of anilines is 1. The Bertz CT molecular complexity index is 551. The molecule has 2 aromatic rings. The maximum absolute atomic E-state index is 13.0. The van der Waals surface area contributed by atoms with Crippen molar-refractivity contribution in [1.29, 1.82) is 0 Å². The van der Waals surface area contributed by atoms with E-state index in [0.717, 1.165) is 6.07 Å². The second-order valence-corrected chi connectivity index (χ2v) is 4.76. The Hall–Kier alpha value is -1.40. The lowest BCUT2D eigenvalue weighted by atomic mass is 10.3. The van der Waals surface area contributed by atoms with Crippen molar-refractivity contribution in [3.63, 3.8) is 0 Å². The minimum atomic E-state index is -0.475. The monoisotopic (exact) mass is 331 g/mol. The average molecular weight is 333 g/mol. The predicted octanol–water partition coefficient (Wildman–Crippen LogP) is 3.08. The summed E-state index contributed by atoms with van der Waals surface area (Å²) in [5.41, 5.74) is 0.343. The third kappa shape index (κ3) is 3.08. The molecule has 1 aromatic heterocycles. The van der Waals surface area contributed by atoms with Crippen molar-refractivity contribution in [2.24, 2.45) is 0 Å². The molecule has 1 heterocycles. The fourth-order valence-electron chi connectivity index (χ4n) is 1.38. The molecular formula is C11H8BrClFN3O. The van der Waals surface area contributed by atoms with Crippen molar-refractivity contribution in [3.8, 4) is 0 Å². The highest BCUT2D eigenvalue weighted by Gasteiger charge is 2.11. The van der Waals surface area contributed by atoms with Crippen LogP contribution in [0.5, 0.6) is 0 Å². The maximum atomic E-state index is 13.0. The Kier molecular flexibility index (Phi) is 3.98. The van der Waals surface area contributed by atoms with Crippen LogP contribution in [-0.4, -0.2) is 15.7 Å². The van der Waals surface area contributed by atoms with Gasteiger partial charge in [0.25, 0.3) is 0 Å². The van der Waals surface area contributed by atoms with E-state index in [1.54, 1.807) is 18.5 Å². The third-order valence-corrected chi connectivity index (χ3v) is 3.06. The highest BCUT2D eigenvalue weighted by molar-refractivity contribution is 9.10. The van der Waals surface area contributed by atoms with E-state index in [1.165, 1.54) is 10.7 Å². The quantitative estimate of drug-likeness (QED) is 0.939. The van der Waals surface area contributed by atoms with Crippen molar-refractivity contribution in [1.82, 2.24) is 9.78 Å². The number of halogens is 3. The second kappa shape index (κ2) is 5.49. The fourth-order valence-corrected chi connectivity index (χ4v) is 2.28. The Morgan fingerprint density at radius 2 is 2.33 bits per heavy atom. The number of rotatable bonds is 3. The zero-order valence-corrected chi connectivity index (χ0v) is 11.4. The predicted molar refractivity (Wildman–Crippen MR) is 70.0 cm³/mol. The zero-order valence-electron chi connectivity index (χ0n) is 9.03. The van der Waals surface area contributed by atoms with Gasteiger partial charge in [0.2, 0.25) is 5.91 Å². The van der Waals surface area contributed by atoms with Crippen LogP contribution in [0.15, 0.2) is 35.1 Å². The number of nitrogens with zero attached hydrogens (tertiary/aromatic N) is 2. The van der Waals surface area contributed by atoms with Crippen LogP contribution in [0.4, 0.5) is 10.1 Å². The number of carbonyl (C=O) groups excluding carboxylic acids is 1.